The number of piperazine rings is 1. The van der Waals surface area contributed by atoms with Gasteiger partial charge in [-0.05, 0) is 21.0 Å². The lowest BCUT2D eigenvalue weighted by Crippen LogP contribution is -2.57. The second-order valence-electron chi connectivity index (χ2n) is 3.58. The smallest absolute Gasteiger partial charge is 0.409 e. The number of hydrogen-bond acceptors (Lipinski definition) is 4. The van der Waals surface area contributed by atoms with Gasteiger partial charge in [-0.2, -0.15) is 0 Å². The van der Waals surface area contributed by atoms with Gasteiger partial charge in [0, 0.05) is 13.1 Å². The van der Waals surface area contributed by atoms with Crippen LogP contribution < -0.4 is 5.32 Å². The van der Waals surface area contributed by atoms with E-state index in [0.717, 1.165) is 13.1 Å². The fourth-order valence-corrected chi connectivity index (χ4v) is 1.46. The quantitative estimate of drug-likeness (QED) is 0.679. The summed E-state index contributed by atoms with van der Waals surface area (Å²) < 4.78 is 4.95. The van der Waals surface area contributed by atoms with E-state index in [2.05, 4.69) is 10.2 Å². The van der Waals surface area contributed by atoms with E-state index in [1.807, 2.05) is 21.0 Å². The first-order chi connectivity index (χ1) is 6.65. The fourth-order valence-electron chi connectivity index (χ4n) is 1.46. The molecule has 0 aromatic carbocycles. The average Bonchev–Trinajstić information content (AvgIpc) is 2.18. The third kappa shape index (κ3) is 2.85. The van der Waals surface area contributed by atoms with Gasteiger partial charge < -0.3 is 9.64 Å². The lowest BCUT2D eigenvalue weighted by molar-refractivity contribution is 0.0749. The van der Waals surface area contributed by atoms with Crippen LogP contribution >= 0.6 is 0 Å². The van der Waals surface area contributed by atoms with Crippen molar-refractivity contribution in [1.29, 1.82) is 0 Å². The number of nitrogens with one attached hydrogen (secondary N) is 1. The Bertz CT molecular complexity index is 196. The van der Waals surface area contributed by atoms with Gasteiger partial charge >= 0.3 is 6.09 Å². The highest BCUT2D eigenvalue weighted by Gasteiger charge is 2.24. The van der Waals surface area contributed by atoms with Crippen LogP contribution in [0.4, 0.5) is 4.79 Å². The first-order valence-electron chi connectivity index (χ1n) is 4.96. The third-order valence-electron chi connectivity index (χ3n) is 2.30. The normalized spacial score (nSPS) is 22.6. The van der Waals surface area contributed by atoms with Crippen molar-refractivity contribution in [3.8, 4) is 0 Å². The van der Waals surface area contributed by atoms with Crippen molar-refractivity contribution in [3.63, 3.8) is 0 Å². The highest BCUT2D eigenvalue weighted by Crippen LogP contribution is 2.03. The monoisotopic (exact) mass is 201 g/mol. The van der Waals surface area contributed by atoms with Crippen molar-refractivity contribution in [2.45, 2.75) is 13.1 Å². The van der Waals surface area contributed by atoms with Crippen molar-refractivity contribution < 1.29 is 9.53 Å². The molecule has 1 rings (SSSR count). The van der Waals surface area contributed by atoms with Crippen LogP contribution in [0.2, 0.25) is 0 Å². The Morgan fingerprint density at radius 2 is 2.36 bits per heavy atom. The molecule has 1 saturated heterocycles. The summed E-state index contributed by atoms with van der Waals surface area (Å²) in [7, 11) is 3.98. The minimum Gasteiger partial charge on any atom is -0.450 e. The second-order valence-corrected chi connectivity index (χ2v) is 3.58. The maximum absolute atomic E-state index is 11.4. The van der Waals surface area contributed by atoms with Crippen molar-refractivity contribution in [1.82, 2.24) is 15.1 Å². The summed E-state index contributed by atoms with van der Waals surface area (Å²) in [5, 5.41) is 3.32. The van der Waals surface area contributed by atoms with Gasteiger partial charge in [0.15, 0.2) is 0 Å². The topological polar surface area (TPSA) is 44.8 Å². The van der Waals surface area contributed by atoms with Crippen LogP contribution in [0.25, 0.3) is 0 Å². The highest BCUT2D eigenvalue weighted by molar-refractivity contribution is 5.67. The first-order valence-corrected chi connectivity index (χ1v) is 4.96. The van der Waals surface area contributed by atoms with E-state index < -0.39 is 0 Å². The maximum Gasteiger partial charge on any atom is 0.409 e. The maximum atomic E-state index is 11.4. The average molecular weight is 201 g/mol. The molecular formula is C9H19N3O2. The molecule has 1 N–H and O–H groups in total. The molecule has 0 aromatic rings. The van der Waals surface area contributed by atoms with Crippen LogP contribution in [0.15, 0.2) is 0 Å². The van der Waals surface area contributed by atoms with E-state index in [-0.39, 0.29) is 12.3 Å². The molecule has 1 atom stereocenters. The van der Waals surface area contributed by atoms with E-state index >= 15 is 0 Å². The number of likely N-dealkylation sites (N-methyl/N-ethyl adjacent to an activating group) is 1. The molecule has 0 radical (unpaired) electrons. The van der Waals surface area contributed by atoms with Gasteiger partial charge in [-0.3, -0.25) is 10.2 Å². The van der Waals surface area contributed by atoms with Crippen molar-refractivity contribution in [3.05, 3.63) is 0 Å². The number of hydrogen-bond donors (Lipinski definition) is 1. The van der Waals surface area contributed by atoms with Gasteiger partial charge in [-0.25, -0.2) is 4.79 Å². The molecule has 5 nitrogen and oxygen atoms in total. The van der Waals surface area contributed by atoms with Crippen LogP contribution in [-0.2, 0) is 4.74 Å². The Kier molecular flexibility index (Phi) is 4.16. The third-order valence-corrected chi connectivity index (χ3v) is 2.30. The summed E-state index contributed by atoms with van der Waals surface area (Å²) in [6, 6.07) is 0. The Balaban J connectivity index is 2.43. The molecule has 1 heterocycles. The summed E-state index contributed by atoms with van der Waals surface area (Å²) in [5.74, 6) is 0. The molecule has 1 unspecified atom stereocenters. The fraction of sp³-hybridized carbons (Fsp3) is 0.889. The van der Waals surface area contributed by atoms with Crippen LogP contribution in [0, 0.1) is 0 Å². The molecule has 0 spiro atoms. The zero-order chi connectivity index (χ0) is 10.6. The van der Waals surface area contributed by atoms with Crippen LogP contribution in [0.3, 0.4) is 0 Å². The van der Waals surface area contributed by atoms with E-state index in [1.54, 1.807) is 4.90 Å². The lowest BCUT2D eigenvalue weighted by Gasteiger charge is -2.36. The standard InChI is InChI=1S/C9H19N3O2/c1-4-14-9(13)12-6-5-10-8(7-12)11(2)3/h8,10H,4-7H2,1-3H3. The number of nitrogens with zero attached hydrogens (tertiary/aromatic N) is 2. The molecule has 5 heteroatoms. The summed E-state index contributed by atoms with van der Waals surface area (Å²) in [6.07, 6.45) is 0.0222. The molecule has 0 aromatic heterocycles. The molecular weight excluding hydrogens is 182 g/mol. The minimum atomic E-state index is -0.208. The number of carbonyl (C=O) groups is 1. The van der Waals surface area contributed by atoms with Gasteiger partial charge in [0.1, 0.15) is 0 Å². The molecule has 1 fully saturated rings. The van der Waals surface area contributed by atoms with Gasteiger partial charge in [-0.1, -0.05) is 0 Å². The zero-order valence-electron chi connectivity index (χ0n) is 9.12. The minimum absolute atomic E-state index is 0.208. The van der Waals surface area contributed by atoms with E-state index in [1.165, 1.54) is 0 Å². The zero-order valence-corrected chi connectivity index (χ0v) is 9.12. The van der Waals surface area contributed by atoms with Crippen LogP contribution in [0.1, 0.15) is 6.92 Å². The van der Waals surface area contributed by atoms with Crippen molar-refractivity contribution >= 4 is 6.09 Å². The molecule has 1 amide bonds. The number of amides is 1. The van der Waals surface area contributed by atoms with Gasteiger partial charge in [0.25, 0.3) is 0 Å². The first kappa shape index (κ1) is 11.3. The predicted octanol–water partition coefficient (Wildman–Crippen LogP) is -0.0642. The van der Waals surface area contributed by atoms with Gasteiger partial charge in [0.05, 0.1) is 19.3 Å². The summed E-state index contributed by atoms with van der Waals surface area (Å²) in [5.41, 5.74) is 0. The molecule has 0 aliphatic carbocycles. The largest absolute Gasteiger partial charge is 0.450 e. The number of ether oxygens (including phenoxy) is 1. The Hall–Kier alpha value is -0.810. The molecule has 0 bridgehead atoms. The molecule has 1 aliphatic heterocycles. The molecule has 14 heavy (non-hydrogen) atoms. The number of carbonyl (C=O) groups excluding carboxylic acids is 1. The van der Waals surface area contributed by atoms with Crippen LogP contribution in [0.5, 0.6) is 0 Å². The molecule has 82 valence electrons. The highest BCUT2D eigenvalue weighted by atomic mass is 16.6. The van der Waals surface area contributed by atoms with E-state index in [0.29, 0.717) is 13.2 Å². The Morgan fingerprint density at radius 3 is 2.93 bits per heavy atom. The molecule has 1 aliphatic rings. The Morgan fingerprint density at radius 1 is 1.64 bits per heavy atom. The summed E-state index contributed by atoms with van der Waals surface area (Å²) in [6.45, 7) is 4.50. The lowest BCUT2D eigenvalue weighted by atomic mass is 10.3. The van der Waals surface area contributed by atoms with Crippen molar-refractivity contribution in [2.24, 2.45) is 0 Å². The van der Waals surface area contributed by atoms with E-state index in [4.69, 9.17) is 4.74 Å². The summed E-state index contributed by atoms with van der Waals surface area (Å²) in [4.78, 5) is 15.2. The van der Waals surface area contributed by atoms with E-state index in [9.17, 15) is 4.79 Å². The van der Waals surface area contributed by atoms with Crippen LogP contribution in [-0.4, -0.2) is 62.4 Å². The predicted molar refractivity (Wildman–Crippen MR) is 54.1 cm³/mol. The Labute approximate surface area is 85.0 Å². The van der Waals surface area contributed by atoms with Gasteiger partial charge in [-0.15, -0.1) is 0 Å². The molecule has 0 saturated carbocycles. The SMILES string of the molecule is CCOC(=O)N1CCNC(N(C)C)C1. The number of rotatable bonds is 2. The summed E-state index contributed by atoms with van der Waals surface area (Å²) >= 11 is 0. The second kappa shape index (κ2) is 5.17. The van der Waals surface area contributed by atoms with Gasteiger partial charge in [0.2, 0.25) is 0 Å². The van der Waals surface area contributed by atoms with Crippen molar-refractivity contribution in [2.75, 3.05) is 40.3 Å².